The van der Waals surface area contributed by atoms with Crippen molar-refractivity contribution in [1.82, 2.24) is 4.90 Å². The third kappa shape index (κ3) is 5.22. The number of furan rings is 1. The molecule has 3 aromatic rings. The standard InChI is InChI=1S/C22H14Cl2N2O6S/c23-13-1-4-15(5-2-13)31-10-9-25-21(27)20(33-22(25)28)12-16-6-8-19(32-16)17-7-3-14(24)11-18(17)26(29)30/h1-8,11-12H,9-10H2/b20-12-. The van der Waals surface area contributed by atoms with Crippen LogP contribution in [0, 0.1) is 10.1 Å². The van der Waals surface area contributed by atoms with E-state index < -0.39 is 16.1 Å². The number of benzene rings is 2. The minimum atomic E-state index is -0.555. The number of nitrogens with zero attached hydrogens (tertiary/aromatic N) is 2. The Balaban J connectivity index is 1.45. The zero-order valence-electron chi connectivity index (χ0n) is 16.7. The molecule has 0 spiro atoms. The molecule has 0 aliphatic carbocycles. The van der Waals surface area contributed by atoms with E-state index in [1.165, 1.54) is 24.3 Å². The molecule has 1 saturated heterocycles. The molecule has 0 bridgehead atoms. The lowest BCUT2D eigenvalue weighted by Crippen LogP contribution is -2.32. The molecule has 33 heavy (non-hydrogen) atoms. The van der Waals surface area contributed by atoms with Crippen LogP contribution in [0.15, 0.2) is 63.9 Å². The van der Waals surface area contributed by atoms with Crippen molar-refractivity contribution in [2.24, 2.45) is 0 Å². The summed E-state index contributed by atoms with van der Waals surface area (Å²) >= 11 is 12.5. The summed E-state index contributed by atoms with van der Waals surface area (Å²) in [6.45, 7) is 0.198. The Bertz CT molecular complexity index is 1270. The SMILES string of the molecule is O=C1S/C(=C\c2ccc(-c3ccc(Cl)cc3[N+](=O)[O-])o2)C(=O)N1CCOc1ccc(Cl)cc1. The van der Waals surface area contributed by atoms with Crippen molar-refractivity contribution in [1.29, 1.82) is 0 Å². The molecule has 2 aromatic carbocycles. The summed E-state index contributed by atoms with van der Waals surface area (Å²) in [6, 6.07) is 14.1. The van der Waals surface area contributed by atoms with Gasteiger partial charge in [-0.15, -0.1) is 0 Å². The highest BCUT2D eigenvalue weighted by Crippen LogP contribution is 2.36. The van der Waals surface area contributed by atoms with Gasteiger partial charge >= 0.3 is 0 Å². The number of carbonyl (C=O) groups excluding carboxylic acids is 2. The van der Waals surface area contributed by atoms with Crippen LogP contribution in [0.3, 0.4) is 0 Å². The monoisotopic (exact) mass is 504 g/mol. The van der Waals surface area contributed by atoms with Gasteiger partial charge in [-0.1, -0.05) is 23.2 Å². The van der Waals surface area contributed by atoms with Crippen LogP contribution in [0.5, 0.6) is 5.75 Å². The second-order valence-electron chi connectivity index (χ2n) is 6.76. The number of ether oxygens (including phenoxy) is 1. The van der Waals surface area contributed by atoms with Crippen molar-refractivity contribution in [3.05, 3.63) is 85.4 Å². The summed E-state index contributed by atoms with van der Waals surface area (Å²) in [4.78, 5) is 37.0. The smallest absolute Gasteiger partial charge is 0.293 e. The van der Waals surface area contributed by atoms with Crippen LogP contribution >= 0.6 is 35.0 Å². The number of rotatable bonds is 7. The summed E-state index contributed by atoms with van der Waals surface area (Å²) in [5, 5.41) is 11.7. The van der Waals surface area contributed by atoms with Gasteiger partial charge in [0.15, 0.2) is 0 Å². The normalized spacial score (nSPS) is 14.8. The van der Waals surface area contributed by atoms with Crippen LogP contribution in [0.25, 0.3) is 17.4 Å². The van der Waals surface area contributed by atoms with Crippen LogP contribution < -0.4 is 4.74 Å². The van der Waals surface area contributed by atoms with Gasteiger partial charge in [-0.3, -0.25) is 24.6 Å². The van der Waals surface area contributed by atoms with Crippen molar-refractivity contribution in [3.8, 4) is 17.1 Å². The molecule has 8 nitrogen and oxygen atoms in total. The van der Waals surface area contributed by atoms with Gasteiger partial charge in [-0.25, -0.2) is 0 Å². The average Bonchev–Trinajstić information content (AvgIpc) is 3.35. The van der Waals surface area contributed by atoms with Crippen molar-refractivity contribution in [3.63, 3.8) is 0 Å². The number of nitro groups is 1. The van der Waals surface area contributed by atoms with Gasteiger partial charge in [0.05, 0.1) is 21.9 Å². The highest BCUT2D eigenvalue weighted by molar-refractivity contribution is 8.18. The number of thioether (sulfide) groups is 1. The molecule has 1 fully saturated rings. The maximum atomic E-state index is 12.7. The fourth-order valence-electron chi connectivity index (χ4n) is 3.05. The topological polar surface area (TPSA) is 103 Å². The number of carbonyl (C=O) groups is 2. The number of hydrogen-bond acceptors (Lipinski definition) is 7. The van der Waals surface area contributed by atoms with Crippen LogP contribution in [-0.4, -0.2) is 34.1 Å². The van der Waals surface area contributed by atoms with Gasteiger partial charge in [0, 0.05) is 22.2 Å². The Kier molecular flexibility index (Phi) is 6.73. The predicted octanol–water partition coefficient (Wildman–Crippen LogP) is 6.28. The van der Waals surface area contributed by atoms with E-state index >= 15 is 0 Å². The van der Waals surface area contributed by atoms with E-state index in [1.807, 2.05) is 0 Å². The lowest BCUT2D eigenvalue weighted by Gasteiger charge is -2.13. The molecule has 0 radical (unpaired) electrons. The average molecular weight is 505 g/mol. The van der Waals surface area contributed by atoms with Gasteiger partial charge in [0.1, 0.15) is 23.9 Å². The van der Waals surface area contributed by atoms with Crippen LogP contribution in [0.1, 0.15) is 5.76 Å². The Labute approximate surface area is 201 Å². The Morgan fingerprint density at radius 2 is 1.79 bits per heavy atom. The highest BCUT2D eigenvalue weighted by Gasteiger charge is 2.35. The first-order valence-corrected chi connectivity index (χ1v) is 11.1. The molecular formula is C22H14Cl2N2O6S. The molecule has 1 aliphatic heterocycles. The van der Waals surface area contributed by atoms with Crippen LogP contribution in [0.4, 0.5) is 10.5 Å². The summed E-state index contributed by atoms with van der Waals surface area (Å²) in [6.07, 6.45) is 1.43. The van der Waals surface area contributed by atoms with E-state index in [2.05, 4.69) is 0 Å². The lowest BCUT2D eigenvalue weighted by molar-refractivity contribution is -0.384. The summed E-state index contributed by atoms with van der Waals surface area (Å²) in [5.41, 5.74) is 0.0425. The van der Waals surface area contributed by atoms with E-state index in [4.69, 9.17) is 32.4 Å². The van der Waals surface area contributed by atoms with E-state index in [0.29, 0.717) is 10.8 Å². The second kappa shape index (κ2) is 9.70. The van der Waals surface area contributed by atoms with Gasteiger partial charge in [-0.2, -0.15) is 0 Å². The minimum absolute atomic E-state index is 0.0744. The van der Waals surface area contributed by atoms with Gasteiger partial charge in [-0.05, 0) is 60.3 Å². The zero-order valence-corrected chi connectivity index (χ0v) is 19.0. The first-order valence-electron chi connectivity index (χ1n) is 9.50. The molecule has 1 aliphatic rings. The third-order valence-electron chi connectivity index (χ3n) is 4.59. The van der Waals surface area contributed by atoms with Gasteiger partial charge in [0.2, 0.25) is 0 Å². The largest absolute Gasteiger partial charge is 0.492 e. The maximum absolute atomic E-state index is 12.7. The Hall–Kier alpha value is -3.27. The number of nitro benzene ring substituents is 1. The summed E-state index contributed by atoms with van der Waals surface area (Å²) < 4.78 is 11.2. The molecule has 2 heterocycles. The van der Waals surface area contributed by atoms with Crippen molar-refractivity contribution in [2.45, 2.75) is 0 Å². The molecule has 2 amide bonds. The van der Waals surface area contributed by atoms with Crippen LogP contribution in [-0.2, 0) is 4.79 Å². The number of amides is 2. The van der Waals surface area contributed by atoms with Crippen molar-refractivity contribution in [2.75, 3.05) is 13.2 Å². The molecule has 0 N–H and O–H groups in total. The van der Waals surface area contributed by atoms with Crippen molar-refractivity contribution < 1.29 is 23.7 Å². The quantitative estimate of drug-likeness (QED) is 0.212. The molecule has 11 heteroatoms. The second-order valence-corrected chi connectivity index (χ2v) is 8.62. The maximum Gasteiger partial charge on any atom is 0.293 e. The molecular weight excluding hydrogens is 491 g/mol. The molecule has 0 unspecified atom stereocenters. The molecule has 1 aromatic heterocycles. The molecule has 0 atom stereocenters. The van der Waals surface area contributed by atoms with Gasteiger partial charge in [0.25, 0.3) is 16.8 Å². The zero-order chi connectivity index (χ0) is 23.5. The number of imide groups is 1. The van der Waals surface area contributed by atoms with Crippen LogP contribution in [0.2, 0.25) is 10.0 Å². The predicted molar refractivity (Wildman–Crippen MR) is 125 cm³/mol. The van der Waals surface area contributed by atoms with E-state index in [1.54, 1.807) is 36.4 Å². The van der Waals surface area contributed by atoms with E-state index in [9.17, 15) is 19.7 Å². The Morgan fingerprint density at radius 3 is 2.52 bits per heavy atom. The fraction of sp³-hybridized carbons (Fsp3) is 0.0909. The minimum Gasteiger partial charge on any atom is -0.492 e. The summed E-state index contributed by atoms with van der Waals surface area (Å²) in [5.74, 6) is 0.610. The number of halogens is 2. The lowest BCUT2D eigenvalue weighted by atomic mass is 10.1. The fourth-order valence-corrected chi connectivity index (χ4v) is 4.18. The first-order chi connectivity index (χ1) is 15.8. The van der Waals surface area contributed by atoms with Gasteiger partial charge < -0.3 is 9.15 Å². The van der Waals surface area contributed by atoms with E-state index in [0.717, 1.165) is 16.7 Å². The van der Waals surface area contributed by atoms with E-state index in [-0.39, 0.29) is 45.9 Å². The molecule has 4 rings (SSSR count). The first kappa shape index (κ1) is 22.9. The third-order valence-corrected chi connectivity index (χ3v) is 5.99. The molecule has 168 valence electrons. The number of hydrogen-bond donors (Lipinski definition) is 0. The van der Waals surface area contributed by atoms with Crippen molar-refractivity contribution >= 4 is 57.9 Å². The molecule has 0 saturated carbocycles. The summed E-state index contributed by atoms with van der Waals surface area (Å²) in [7, 11) is 0. The Morgan fingerprint density at radius 1 is 1.06 bits per heavy atom. The highest BCUT2D eigenvalue weighted by atomic mass is 35.5.